The van der Waals surface area contributed by atoms with Gasteiger partial charge in [0.25, 0.3) is 0 Å². The smallest absolute Gasteiger partial charge is 0.139 e. The molecular weight excluding hydrogens is 324 g/mol. The summed E-state index contributed by atoms with van der Waals surface area (Å²) in [6.07, 6.45) is 11.7. The molecule has 4 aliphatic carbocycles. The second-order valence-electron chi connectivity index (χ2n) is 9.88. The third kappa shape index (κ3) is 2.05. The number of carbonyl (C=O) groups excluding carboxylic acids is 2. The Labute approximate surface area is 155 Å². The monoisotopic (exact) mass is 354 g/mol. The molecule has 0 bridgehead atoms. The number of ketones is 2. The van der Waals surface area contributed by atoms with Crippen molar-refractivity contribution in [3.8, 4) is 0 Å². The fourth-order valence-electron chi connectivity index (χ4n) is 7.72. The van der Waals surface area contributed by atoms with Crippen molar-refractivity contribution in [3.05, 3.63) is 18.5 Å². The Morgan fingerprint density at radius 2 is 1.92 bits per heavy atom. The van der Waals surface area contributed by atoms with Gasteiger partial charge in [-0.3, -0.25) is 14.3 Å². The van der Waals surface area contributed by atoms with Crippen molar-refractivity contribution < 1.29 is 9.59 Å². The van der Waals surface area contributed by atoms with E-state index in [1.807, 2.05) is 18.5 Å². The van der Waals surface area contributed by atoms with Gasteiger partial charge in [-0.1, -0.05) is 13.8 Å². The summed E-state index contributed by atoms with van der Waals surface area (Å²) in [4.78, 5) is 25.1. The van der Waals surface area contributed by atoms with Gasteiger partial charge >= 0.3 is 0 Å². The number of carbonyl (C=O) groups is 2. The first-order chi connectivity index (χ1) is 12.4. The maximum absolute atomic E-state index is 12.6. The molecule has 5 rings (SSSR count). The largest absolute Gasteiger partial charge is 0.300 e. The van der Waals surface area contributed by atoms with Crippen LogP contribution in [0, 0.1) is 34.5 Å². The quantitative estimate of drug-likeness (QED) is 0.759. The molecule has 4 heteroatoms. The molecule has 0 spiro atoms. The maximum atomic E-state index is 12.6. The molecule has 4 nitrogen and oxygen atoms in total. The van der Waals surface area contributed by atoms with Crippen molar-refractivity contribution in [1.29, 1.82) is 0 Å². The second-order valence-corrected chi connectivity index (χ2v) is 9.88. The van der Waals surface area contributed by atoms with Crippen LogP contribution in [-0.2, 0) is 9.59 Å². The topological polar surface area (TPSA) is 52.0 Å². The third-order valence-electron chi connectivity index (χ3n) is 9.13. The minimum atomic E-state index is -0.0734. The van der Waals surface area contributed by atoms with Gasteiger partial charge in [-0.2, -0.15) is 5.10 Å². The lowest BCUT2D eigenvalue weighted by molar-refractivity contribution is -0.154. The molecule has 1 aromatic rings. The lowest BCUT2D eigenvalue weighted by atomic mass is 9.44. The molecule has 26 heavy (non-hydrogen) atoms. The van der Waals surface area contributed by atoms with Gasteiger partial charge in [-0.15, -0.1) is 0 Å². The molecule has 140 valence electrons. The van der Waals surface area contributed by atoms with Crippen LogP contribution in [0.2, 0.25) is 0 Å². The van der Waals surface area contributed by atoms with Crippen LogP contribution in [0.3, 0.4) is 0 Å². The van der Waals surface area contributed by atoms with Gasteiger partial charge in [0, 0.05) is 37.1 Å². The minimum absolute atomic E-state index is 0.0734. The van der Waals surface area contributed by atoms with Crippen LogP contribution >= 0.6 is 0 Å². The summed E-state index contributed by atoms with van der Waals surface area (Å²) in [5, 5.41) is 4.55. The predicted molar refractivity (Wildman–Crippen MR) is 98.4 cm³/mol. The van der Waals surface area contributed by atoms with Crippen molar-refractivity contribution in [3.63, 3.8) is 0 Å². The molecule has 0 radical (unpaired) electrons. The van der Waals surface area contributed by atoms with Gasteiger partial charge < -0.3 is 0 Å². The van der Waals surface area contributed by atoms with Crippen LogP contribution < -0.4 is 0 Å². The Kier molecular flexibility index (Phi) is 3.55. The highest BCUT2D eigenvalue weighted by Gasteiger charge is 2.62. The van der Waals surface area contributed by atoms with E-state index in [4.69, 9.17) is 0 Å². The number of aromatic nitrogens is 2. The van der Waals surface area contributed by atoms with Crippen molar-refractivity contribution in [2.45, 2.75) is 71.3 Å². The van der Waals surface area contributed by atoms with Crippen molar-refractivity contribution in [2.75, 3.05) is 0 Å². The summed E-state index contributed by atoms with van der Waals surface area (Å²) in [6.45, 7) is 4.69. The molecule has 0 N–H and O–H groups in total. The van der Waals surface area contributed by atoms with Crippen LogP contribution in [0.15, 0.2) is 18.5 Å². The van der Waals surface area contributed by atoms with Crippen molar-refractivity contribution in [2.24, 2.45) is 34.5 Å². The molecule has 0 aromatic carbocycles. The molecular formula is C22H30N2O2. The highest BCUT2D eigenvalue weighted by Crippen LogP contribution is 2.67. The average Bonchev–Trinajstić information content (AvgIpc) is 3.24. The molecule has 4 saturated carbocycles. The van der Waals surface area contributed by atoms with E-state index >= 15 is 0 Å². The average molecular weight is 354 g/mol. The van der Waals surface area contributed by atoms with Gasteiger partial charge in [0.15, 0.2) is 0 Å². The molecule has 1 unspecified atom stereocenters. The van der Waals surface area contributed by atoms with E-state index in [9.17, 15) is 9.59 Å². The van der Waals surface area contributed by atoms with E-state index in [1.54, 1.807) is 0 Å². The first-order valence-electron chi connectivity index (χ1n) is 10.5. The summed E-state index contributed by atoms with van der Waals surface area (Å²) in [7, 11) is 0. The zero-order valence-corrected chi connectivity index (χ0v) is 16.0. The van der Waals surface area contributed by atoms with Gasteiger partial charge in [0.05, 0.1) is 6.04 Å². The lowest BCUT2D eigenvalue weighted by Gasteiger charge is -2.61. The summed E-state index contributed by atoms with van der Waals surface area (Å²) < 4.78 is 2.07. The highest BCUT2D eigenvalue weighted by atomic mass is 16.1. The Hall–Kier alpha value is -1.45. The number of rotatable bonds is 1. The second kappa shape index (κ2) is 5.53. The number of hydrogen-bond donors (Lipinski definition) is 0. The van der Waals surface area contributed by atoms with Gasteiger partial charge in [-0.25, -0.2) is 0 Å². The molecule has 7 atom stereocenters. The van der Waals surface area contributed by atoms with E-state index in [0.717, 1.165) is 38.5 Å². The lowest BCUT2D eigenvalue weighted by Crippen LogP contribution is -2.57. The predicted octanol–water partition coefficient (Wildman–Crippen LogP) is 4.22. The summed E-state index contributed by atoms with van der Waals surface area (Å²) >= 11 is 0. The number of hydrogen-bond acceptors (Lipinski definition) is 3. The Balaban J connectivity index is 1.55. The zero-order valence-electron chi connectivity index (χ0n) is 16.0. The SMILES string of the molecule is C[C@]12C(n3cccn3)CC(=O)C[C@@H]1CC[C@@H]1[C@@H]2CC[C@]2(C)C(=O)CC[C@@H]12. The fraction of sp³-hybridized carbons (Fsp3) is 0.773. The summed E-state index contributed by atoms with van der Waals surface area (Å²) in [6, 6.07) is 2.16. The van der Waals surface area contributed by atoms with Crippen LogP contribution in [0.25, 0.3) is 0 Å². The molecule has 4 fully saturated rings. The van der Waals surface area contributed by atoms with Crippen LogP contribution in [0.4, 0.5) is 0 Å². The molecule has 4 aliphatic rings. The summed E-state index contributed by atoms with van der Waals surface area (Å²) in [5.41, 5.74) is 0.0475. The molecule has 1 aromatic heterocycles. The van der Waals surface area contributed by atoms with Gasteiger partial charge in [-0.05, 0) is 67.3 Å². The van der Waals surface area contributed by atoms with Crippen molar-refractivity contribution >= 4 is 11.6 Å². The zero-order chi connectivity index (χ0) is 18.1. The fourth-order valence-corrected chi connectivity index (χ4v) is 7.72. The first kappa shape index (κ1) is 16.7. The minimum Gasteiger partial charge on any atom is -0.300 e. The van der Waals surface area contributed by atoms with Crippen LogP contribution in [-0.4, -0.2) is 21.3 Å². The van der Waals surface area contributed by atoms with Crippen LogP contribution in [0.1, 0.15) is 71.3 Å². The molecule has 1 heterocycles. The van der Waals surface area contributed by atoms with Gasteiger partial charge in [0.1, 0.15) is 11.6 Å². The third-order valence-corrected chi connectivity index (χ3v) is 9.13. The van der Waals surface area contributed by atoms with Gasteiger partial charge in [0.2, 0.25) is 0 Å². The standard InChI is InChI=1S/C22H30N2O2/c1-21-9-8-18-16(17(21)6-7-20(21)26)5-4-14-12-15(25)13-19(22(14,18)2)24-11-3-10-23-24/h3,10-11,14,16-19H,4-9,12-13H2,1-2H3/t14-,16-,17-,18-,19?,21-,22-/m0/s1. The normalized spacial score (nSPS) is 48.0. The van der Waals surface area contributed by atoms with Crippen LogP contribution in [0.5, 0.6) is 0 Å². The molecule has 0 saturated heterocycles. The first-order valence-corrected chi connectivity index (χ1v) is 10.5. The van der Waals surface area contributed by atoms with Crippen molar-refractivity contribution in [1.82, 2.24) is 9.78 Å². The Morgan fingerprint density at radius 1 is 1.08 bits per heavy atom. The van der Waals surface area contributed by atoms with E-state index in [-0.39, 0.29) is 16.9 Å². The number of Topliss-reactive ketones (excluding diaryl/α,β-unsaturated/α-hetero) is 2. The Bertz CT molecular complexity index is 741. The number of fused-ring (bicyclic) bond motifs is 5. The van der Waals surface area contributed by atoms with E-state index < -0.39 is 0 Å². The molecule has 0 amide bonds. The molecule has 0 aliphatic heterocycles. The van der Waals surface area contributed by atoms with E-state index in [1.165, 1.54) is 6.42 Å². The number of nitrogens with zero attached hydrogens (tertiary/aromatic N) is 2. The maximum Gasteiger partial charge on any atom is 0.139 e. The highest BCUT2D eigenvalue weighted by molar-refractivity contribution is 5.87. The van der Waals surface area contributed by atoms with E-state index in [0.29, 0.717) is 41.7 Å². The summed E-state index contributed by atoms with van der Waals surface area (Å²) in [5.74, 6) is 3.21. The van der Waals surface area contributed by atoms with E-state index in [2.05, 4.69) is 23.6 Å². The Morgan fingerprint density at radius 3 is 2.69 bits per heavy atom.